The number of quaternary nitrogens is 1. The van der Waals surface area contributed by atoms with E-state index in [1.165, 1.54) is 0 Å². The van der Waals surface area contributed by atoms with Crippen molar-refractivity contribution >= 4 is 34.8 Å². The molecule has 0 spiro atoms. The van der Waals surface area contributed by atoms with Gasteiger partial charge in [-0.25, -0.2) is 0 Å². The largest absolute Gasteiger partial charge is 0.326 e. The zero-order chi connectivity index (χ0) is 19.2. The summed E-state index contributed by atoms with van der Waals surface area (Å²) >= 11 is 12.3. The van der Waals surface area contributed by atoms with Crippen LogP contribution in [0.4, 0.5) is 5.69 Å². The van der Waals surface area contributed by atoms with E-state index < -0.39 is 0 Å². The fraction of sp³-hybridized carbons (Fsp3) is 0.136. The number of carbonyl (C=O) groups is 1. The smallest absolute Gasteiger partial charge is 0.282 e. The molecule has 0 heterocycles. The molecule has 0 aromatic heterocycles. The minimum absolute atomic E-state index is 0.00914. The van der Waals surface area contributed by atoms with Gasteiger partial charge in [0.1, 0.15) is 6.04 Å². The molecule has 0 saturated carbocycles. The first-order valence-corrected chi connectivity index (χ1v) is 9.51. The molecule has 3 rings (SSSR count). The van der Waals surface area contributed by atoms with Crippen molar-refractivity contribution in [1.82, 2.24) is 0 Å². The van der Waals surface area contributed by atoms with Crippen molar-refractivity contribution in [2.75, 3.05) is 5.32 Å². The van der Waals surface area contributed by atoms with Crippen LogP contribution in [0.5, 0.6) is 0 Å². The predicted molar refractivity (Wildman–Crippen MR) is 111 cm³/mol. The summed E-state index contributed by atoms with van der Waals surface area (Å²) in [5.41, 5.74) is 2.72. The summed E-state index contributed by atoms with van der Waals surface area (Å²) in [6, 6.07) is 25.1. The maximum Gasteiger partial charge on any atom is 0.282 e. The third kappa shape index (κ3) is 4.89. The summed E-state index contributed by atoms with van der Waals surface area (Å²) < 4.78 is 0. The molecule has 0 aliphatic heterocycles. The van der Waals surface area contributed by atoms with Crippen LogP contribution in [0.2, 0.25) is 10.0 Å². The quantitative estimate of drug-likeness (QED) is 0.621. The summed E-state index contributed by atoms with van der Waals surface area (Å²) in [6.45, 7) is 1.87. The highest BCUT2D eigenvalue weighted by atomic mass is 35.5. The number of para-hydroxylation sites is 1. The average molecular weight is 400 g/mol. The summed E-state index contributed by atoms with van der Waals surface area (Å²) in [4.78, 5) is 12.8. The predicted octanol–water partition coefficient (Wildman–Crippen LogP) is 4.67. The molecule has 0 bridgehead atoms. The SMILES string of the molecule is C[C@@H]([NH2+]C(c1ccccc1)c1ccccc1)C(=O)Nc1c(Cl)cccc1Cl. The second-order valence-electron chi connectivity index (χ2n) is 6.37. The van der Waals surface area contributed by atoms with Crippen molar-refractivity contribution in [3.05, 3.63) is 100 Å². The Bertz CT molecular complexity index is 841. The van der Waals surface area contributed by atoms with E-state index in [1.54, 1.807) is 18.2 Å². The van der Waals surface area contributed by atoms with Crippen LogP contribution in [0.3, 0.4) is 0 Å². The lowest BCUT2D eigenvalue weighted by Gasteiger charge is -2.21. The first-order valence-electron chi connectivity index (χ1n) is 8.76. The van der Waals surface area contributed by atoms with Crippen LogP contribution in [0.1, 0.15) is 24.1 Å². The van der Waals surface area contributed by atoms with E-state index in [9.17, 15) is 4.79 Å². The van der Waals surface area contributed by atoms with Crippen LogP contribution < -0.4 is 10.6 Å². The zero-order valence-electron chi connectivity index (χ0n) is 14.9. The molecule has 1 amide bonds. The molecule has 0 fully saturated rings. The van der Waals surface area contributed by atoms with Gasteiger partial charge < -0.3 is 10.6 Å². The molecular formula is C22H21Cl2N2O+. The van der Waals surface area contributed by atoms with E-state index in [-0.39, 0.29) is 18.0 Å². The van der Waals surface area contributed by atoms with Crippen molar-refractivity contribution in [2.24, 2.45) is 0 Å². The lowest BCUT2D eigenvalue weighted by atomic mass is 9.98. The molecule has 3 aromatic carbocycles. The summed E-state index contributed by atoms with van der Waals surface area (Å²) in [5, 5.41) is 5.74. The zero-order valence-corrected chi connectivity index (χ0v) is 16.4. The van der Waals surface area contributed by atoms with E-state index in [1.807, 2.05) is 48.6 Å². The Balaban J connectivity index is 1.80. The third-order valence-electron chi connectivity index (χ3n) is 4.42. The monoisotopic (exact) mass is 399 g/mol. The first-order chi connectivity index (χ1) is 13.1. The van der Waals surface area contributed by atoms with Gasteiger partial charge >= 0.3 is 0 Å². The highest BCUT2D eigenvalue weighted by molar-refractivity contribution is 6.39. The van der Waals surface area contributed by atoms with Gasteiger partial charge in [-0.2, -0.15) is 0 Å². The molecule has 3 N–H and O–H groups in total. The topological polar surface area (TPSA) is 45.7 Å². The van der Waals surface area contributed by atoms with Crippen molar-refractivity contribution in [3.63, 3.8) is 0 Å². The minimum Gasteiger partial charge on any atom is -0.326 e. The average Bonchev–Trinajstić information content (AvgIpc) is 2.70. The number of amides is 1. The maximum atomic E-state index is 12.8. The van der Waals surface area contributed by atoms with Crippen LogP contribution in [0.25, 0.3) is 0 Å². The van der Waals surface area contributed by atoms with Crippen LogP contribution >= 0.6 is 23.2 Å². The maximum absolute atomic E-state index is 12.8. The number of halogens is 2. The number of benzene rings is 3. The van der Waals surface area contributed by atoms with E-state index in [0.717, 1.165) is 11.1 Å². The molecule has 3 nitrogen and oxygen atoms in total. The Morgan fingerprint density at radius 3 is 1.78 bits per heavy atom. The van der Waals surface area contributed by atoms with Crippen LogP contribution in [-0.4, -0.2) is 11.9 Å². The van der Waals surface area contributed by atoms with Gasteiger partial charge in [-0.1, -0.05) is 89.9 Å². The fourth-order valence-corrected chi connectivity index (χ4v) is 3.46. The Morgan fingerprint density at radius 2 is 1.30 bits per heavy atom. The van der Waals surface area contributed by atoms with Gasteiger partial charge in [0.05, 0.1) is 15.7 Å². The van der Waals surface area contributed by atoms with E-state index in [4.69, 9.17) is 23.2 Å². The number of hydrogen-bond donors (Lipinski definition) is 2. The number of nitrogens with two attached hydrogens (primary N) is 1. The second kappa shape index (κ2) is 9.05. The molecule has 5 heteroatoms. The summed E-state index contributed by atoms with van der Waals surface area (Å²) in [6.07, 6.45) is 0. The Morgan fingerprint density at radius 1 is 0.815 bits per heavy atom. The lowest BCUT2D eigenvalue weighted by molar-refractivity contribution is -0.704. The Kier molecular flexibility index (Phi) is 6.51. The molecule has 0 radical (unpaired) electrons. The molecule has 3 aromatic rings. The van der Waals surface area contributed by atoms with Crippen molar-refractivity contribution in [2.45, 2.75) is 19.0 Å². The van der Waals surface area contributed by atoms with Crippen LogP contribution in [0.15, 0.2) is 78.9 Å². The standard InChI is InChI=1S/C22H20Cl2N2O/c1-15(22(27)26-21-18(23)13-8-14-19(21)24)25-20(16-9-4-2-5-10-16)17-11-6-3-7-12-17/h2-15,20,25H,1H3,(H,26,27)/p+1/t15-/m1/s1. The van der Waals surface area contributed by atoms with Crippen molar-refractivity contribution in [1.29, 1.82) is 0 Å². The molecule has 0 aliphatic carbocycles. The van der Waals surface area contributed by atoms with E-state index in [0.29, 0.717) is 15.7 Å². The molecule has 1 atom stereocenters. The summed E-state index contributed by atoms with van der Waals surface area (Å²) in [7, 11) is 0. The molecular weight excluding hydrogens is 379 g/mol. The molecule has 27 heavy (non-hydrogen) atoms. The number of hydrogen-bond acceptors (Lipinski definition) is 1. The molecule has 0 unspecified atom stereocenters. The van der Waals surface area contributed by atoms with Gasteiger partial charge in [0.25, 0.3) is 5.91 Å². The second-order valence-corrected chi connectivity index (χ2v) is 7.18. The van der Waals surface area contributed by atoms with Crippen molar-refractivity contribution < 1.29 is 10.1 Å². The first kappa shape index (κ1) is 19.4. The van der Waals surface area contributed by atoms with Gasteiger partial charge in [0.15, 0.2) is 6.04 Å². The Labute approximate surface area is 169 Å². The number of carbonyl (C=O) groups excluding carboxylic acids is 1. The molecule has 138 valence electrons. The highest BCUT2D eigenvalue weighted by Crippen LogP contribution is 2.29. The van der Waals surface area contributed by atoms with Gasteiger partial charge in [0, 0.05) is 11.1 Å². The fourth-order valence-electron chi connectivity index (χ4n) is 2.97. The lowest BCUT2D eigenvalue weighted by Crippen LogP contribution is -2.92. The van der Waals surface area contributed by atoms with Gasteiger partial charge in [-0.05, 0) is 19.1 Å². The highest BCUT2D eigenvalue weighted by Gasteiger charge is 2.25. The van der Waals surface area contributed by atoms with Crippen LogP contribution in [-0.2, 0) is 4.79 Å². The summed E-state index contributed by atoms with van der Waals surface area (Å²) in [5.74, 6) is -0.151. The van der Waals surface area contributed by atoms with E-state index >= 15 is 0 Å². The number of anilines is 1. The van der Waals surface area contributed by atoms with Gasteiger partial charge in [-0.3, -0.25) is 4.79 Å². The van der Waals surface area contributed by atoms with Gasteiger partial charge in [-0.15, -0.1) is 0 Å². The molecule has 0 saturated heterocycles. The van der Waals surface area contributed by atoms with Crippen molar-refractivity contribution in [3.8, 4) is 0 Å². The number of nitrogens with one attached hydrogen (secondary N) is 1. The van der Waals surface area contributed by atoms with Crippen LogP contribution in [0, 0.1) is 0 Å². The Hall–Kier alpha value is -2.33. The normalized spacial score (nSPS) is 12.0. The van der Waals surface area contributed by atoms with Gasteiger partial charge in [0.2, 0.25) is 0 Å². The third-order valence-corrected chi connectivity index (χ3v) is 5.05. The molecule has 0 aliphatic rings. The van der Waals surface area contributed by atoms with E-state index in [2.05, 4.69) is 29.6 Å². The minimum atomic E-state index is -0.345. The number of rotatable bonds is 6.